The lowest BCUT2D eigenvalue weighted by molar-refractivity contribution is -0.134. The number of likely N-dealkylation sites (tertiary alicyclic amines) is 1. The zero-order valence-electron chi connectivity index (χ0n) is 19.5. The number of nitrogens with zero attached hydrogens (tertiary/aromatic N) is 2. The molecule has 2 heterocycles. The molecule has 1 saturated heterocycles. The maximum absolute atomic E-state index is 12.6. The van der Waals surface area contributed by atoms with Crippen LogP contribution < -0.4 is 5.32 Å². The number of likely N-dealkylation sites (N-methyl/N-ethyl adjacent to an activating group) is 1. The van der Waals surface area contributed by atoms with Gasteiger partial charge in [0.05, 0.1) is 5.92 Å². The van der Waals surface area contributed by atoms with Gasteiger partial charge in [0.15, 0.2) is 0 Å². The molecule has 0 bridgehead atoms. The Morgan fingerprint density at radius 1 is 1.15 bits per heavy atom. The summed E-state index contributed by atoms with van der Waals surface area (Å²) in [7, 11) is 4.33. The molecule has 178 valence electrons. The molecule has 2 aromatic rings. The number of fused-ring (bicyclic) bond motifs is 2. The van der Waals surface area contributed by atoms with Gasteiger partial charge in [-0.05, 0) is 43.5 Å². The Bertz CT molecular complexity index is 1040. The molecular formula is C25H33N3O5. The Balaban J connectivity index is 0.000000331. The molecule has 1 aromatic carbocycles. The lowest BCUT2D eigenvalue weighted by Crippen LogP contribution is -2.51. The first-order chi connectivity index (χ1) is 15.7. The standard InChI is InChI=1S/C21H29N3O.C4H4O4/c1-4-5-9-22-21(25)15-10-17-16-7-6-8-18-20(16)14(12-23(18)2)11-19(17)24(3)13-15;5-3(6)1-2-4(7)8/h6-8,12,15,17,19H,4-5,9-11,13H2,1-3H3,(H,22,25);1-2H,(H,5,6)(H,7,8). The van der Waals surface area contributed by atoms with Gasteiger partial charge in [0, 0.05) is 61.3 Å². The summed E-state index contributed by atoms with van der Waals surface area (Å²) in [5.74, 6) is -1.72. The molecule has 1 fully saturated rings. The second-order valence-electron chi connectivity index (χ2n) is 8.91. The van der Waals surface area contributed by atoms with Gasteiger partial charge >= 0.3 is 11.9 Å². The van der Waals surface area contributed by atoms with Crippen molar-refractivity contribution in [3.8, 4) is 0 Å². The van der Waals surface area contributed by atoms with Gasteiger partial charge < -0.3 is 25.0 Å². The fraction of sp³-hybridized carbons (Fsp3) is 0.480. The second-order valence-corrected chi connectivity index (χ2v) is 8.91. The van der Waals surface area contributed by atoms with Crippen LogP contribution in [0.4, 0.5) is 0 Å². The summed E-state index contributed by atoms with van der Waals surface area (Å²) in [6.45, 7) is 3.84. The summed E-state index contributed by atoms with van der Waals surface area (Å²) in [6, 6.07) is 7.19. The Morgan fingerprint density at radius 3 is 2.48 bits per heavy atom. The van der Waals surface area contributed by atoms with E-state index in [4.69, 9.17) is 10.2 Å². The van der Waals surface area contributed by atoms with E-state index in [1.807, 2.05) is 0 Å². The van der Waals surface area contributed by atoms with Crippen LogP contribution in [0.1, 0.15) is 43.2 Å². The number of carboxylic acid groups (broad SMARTS) is 2. The lowest BCUT2D eigenvalue weighted by Gasteiger charge is -2.45. The molecule has 1 aromatic heterocycles. The first-order valence-electron chi connectivity index (χ1n) is 11.4. The van der Waals surface area contributed by atoms with E-state index in [-0.39, 0.29) is 11.8 Å². The van der Waals surface area contributed by atoms with E-state index in [0.29, 0.717) is 24.1 Å². The highest BCUT2D eigenvalue weighted by molar-refractivity contribution is 5.90. The minimum atomic E-state index is -1.26. The predicted octanol–water partition coefficient (Wildman–Crippen LogP) is 2.77. The number of rotatable bonds is 6. The third-order valence-electron chi connectivity index (χ3n) is 6.60. The van der Waals surface area contributed by atoms with Crippen LogP contribution in [0.3, 0.4) is 0 Å². The monoisotopic (exact) mass is 455 g/mol. The van der Waals surface area contributed by atoms with Crippen LogP contribution >= 0.6 is 0 Å². The molecule has 4 rings (SSSR count). The van der Waals surface area contributed by atoms with Gasteiger partial charge in [0.25, 0.3) is 0 Å². The Labute approximate surface area is 193 Å². The molecule has 0 spiro atoms. The number of aromatic nitrogens is 1. The third-order valence-corrected chi connectivity index (χ3v) is 6.60. The van der Waals surface area contributed by atoms with Crippen LogP contribution in [0, 0.1) is 5.92 Å². The smallest absolute Gasteiger partial charge is 0.328 e. The average Bonchev–Trinajstić information content (AvgIpc) is 3.10. The highest BCUT2D eigenvalue weighted by Gasteiger charge is 2.41. The van der Waals surface area contributed by atoms with Crippen molar-refractivity contribution in [3.05, 3.63) is 47.7 Å². The number of hydrogen-bond acceptors (Lipinski definition) is 4. The summed E-state index contributed by atoms with van der Waals surface area (Å²) in [5, 5.41) is 20.2. The zero-order chi connectivity index (χ0) is 24.1. The maximum atomic E-state index is 12.6. The number of hydrogen-bond donors (Lipinski definition) is 3. The second kappa shape index (κ2) is 10.7. The molecule has 3 atom stereocenters. The number of benzene rings is 1. The molecule has 0 saturated carbocycles. The minimum absolute atomic E-state index is 0.101. The summed E-state index contributed by atoms with van der Waals surface area (Å²) < 4.78 is 2.25. The molecule has 3 N–H and O–H groups in total. The van der Waals surface area contributed by atoms with Crippen molar-refractivity contribution in [1.82, 2.24) is 14.8 Å². The van der Waals surface area contributed by atoms with Gasteiger partial charge in [-0.3, -0.25) is 4.79 Å². The van der Waals surface area contributed by atoms with Gasteiger partial charge in [-0.15, -0.1) is 0 Å². The van der Waals surface area contributed by atoms with Crippen molar-refractivity contribution in [2.75, 3.05) is 20.1 Å². The fourth-order valence-electron chi connectivity index (χ4n) is 5.08. The molecule has 0 radical (unpaired) electrons. The average molecular weight is 456 g/mol. The SMILES string of the molecule is CCCCNC(=O)C1CC2c3cccc4c3c(cn4C)CC2N(C)C1.O=C(O)C=CC(=O)O. The van der Waals surface area contributed by atoms with Crippen LogP contribution in [-0.4, -0.2) is 63.7 Å². The summed E-state index contributed by atoms with van der Waals surface area (Å²) in [4.78, 5) is 34.2. The first kappa shape index (κ1) is 24.5. The molecule has 3 unspecified atom stereocenters. The number of carbonyl (C=O) groups is 3. The largest absolute Gasteiger partial charge is 0.478 e. The van der Waals surface area contributed by atoms with Gasteiger partial charge in [-0.2, -0.15) is 0 Å². The van der Waals surface area contributed by atoms with E-state index in [1.54, 1.807) is 0 Å². The molecule has 1 aliphatic carbocycles. The molecule has 1 aliphatic heterocycles. The van der Waals surface area contributed by atoms with Crippen LogP contribution in [-0.2, 0) is 27.9 Å². The van der Waals surface area contributed by atoms with E-state index in [0.717, 1.165) is 38.8 Å². The van der Waals surface area contributed by atoms with Crippen molar-refractivity contribution >= 4 is 28.7 Å². The molecule has 2 aliphatic rings. The summed E-state index contributed by atoms with van der Waals surface area (Å²) in [5.41, 5.74) is 4.23. The number of aryl methyl sites for hydroxylation is 1. The van der Waals surface area contributed by atoms with Gasteiger partial charge in [0.2, 0.25) is 5.91 Å². The highest BCUT2D eigenvalue weighted by atomic mass is 16.4. The number of amides is 1. The van der Waals surface area contributed by atoms with E-state index >= 15 is 0 Å². The van der Waals surface area contributed by atoms with Crippen molar-refractivity contribution < 1.29 is 24.6 Å². The normalized spacial score (nSPS) is 21.8. The topological polar surface area (TPSA) is 112 Å². The highest BCUT2D eigenvalue weighted by Crippen LogP contribution is 2.44. The molecule has 33 heavy (non-hydrogen) atoms. The fourth-order valence-corrected chi connectivity index (χ4v) is 5.08. The number of nitrogens with one attached hydrogen (secondary N) is 1. The molecule has 8 heteroatoms. The van der Waals surface area contributed by atoms with Crippen LogP contribution in [0.15, 0.2) is 36.5 Å². The lowest BCUT2D eigenvalue weighted by atomic mass is 9.72. The molecular weight excluding hydrogens is 422 g/mol. The van der Waals surface area contributed by atoms with E-state index in [1.165, 1.54) is 22.0 Å². The van der Waals surface area contributed by atoms with Gasteiger partial charge in [-0.25, -0.2) is 9.59 Å². The first-order valence-corrected chi connectivity index (χ1v) is 11.4. The van der Waals surface area contributed by atoms with Gasteiger partial charge in [0.1, 0.15) is 0 Å². The van der Waals surface area contributed by atoms with E-state index in [2.05, 4.69) is 60.2 Å². The number of unbranched alkanes of at least 4 members (excludes halogenated alkanes) is 1. The van der Waals surface area contributed by atoms with Crippen molar-refractivity contribution in [2.24, 2.45) is 13.0 Å². The maximum Gasteiger partial charge on any atom is 0.328 e. The van der Waals surface area contributed by atoms with Gasteiger partial charge in [-0.1, -0.05) is 25.5 Å². The molecule has 8 nitrogen and oxygen atoms in total. The summed E-state index contributed by atoms with van der Waals surface area (Å²) in [6.07, 6.45) is 7.66. The van der Waals surface area contributed by atoms with Crippen LogP contribution in [0.5, 0.6) is 0 Å². The van der Waals surface area contributed by atoms with Crippen molar-refractivity contribution in [3.63, 3.8) is 0 Å². The Morgan fingerprint density at radius 2 is 1.85 bits per heavy atom. The zero-order valence-corrected chi connectivity index (χ0v) is 19.5. The number of carbonyl (C=O) groups excluding carboxylic acids is 1. The number of piperidine rings is 1. The van der Waals surface area contributed by atoms with Crippen LogP contribution in [0.25, 0.3) is 10.9 Å². The minimum Gasteiger partial charge on any atom is -0.478 e. The van der Waals surface area contributed by atoms with E-state index < -0.39 is 11.9 Å². The third kappa shape index (κ3) is 5.63. The number of carboxylic acids is 2. The van der Waals surface area contributed by atoms with Crippen molar-refractivity contribution in [1.29, 1.82) is 0 Å². The number of aliphatic carboxylic acids is 2. The van der Waals surface area contributed by atoms with Crippen molar-refractivity contribution in [2.45, 2.75) is 44.6 Å². The Hall–Kier alpha value is -3.13. The summed E-state index contributed by atoms with van der Waals surface area (Å²) >= 11 is 0. The predicted molar refractivity (Wildman–Crippen MR) is 126 cm³/mol. The molecule has 1 amide bonds. The quantitative estimate of drug-likeness (QED) is 0.456. The van der Waals surface area contributed by atoms with Crippen LogP contribution in [0.2, 0.25) is 0 Å². The Kier molecular flexibility index (Phi) is 7.92. The van der Waals surface area contributed by atoms with E-state index in [9.17, 15) is 14.4 Å².